The van der Waals surface area contributed by atoms with Crippen LogP contribution in [0, 0.1) is 6.92 Å². The fourth-order valence-corrected chi connectivity index (χ4v) is 2.70. The highest BCUT2D eigenvalue weighted by Crippen LogP contribution is 2.22. The molecule has 0 aliphatic carbocycles. The largest absolute Gasteiger partial charge is 0.327 e. The van der Waals surface area contributed by atoms with Crippen LogP contribution in [0.5, 0.6) is 0 Å². The monoisotopic (exact) mass is 262 g/mol. The molecule has 0 amide bonds. The Bertz CT molecular complexity index is 509. The first-order valence-corrected chi connectivity index (χ1v) is 6.92. The molecule has 2 N–H and O–H groups in total. The van der Waals surface area contributed by atoms with E-state index in [0.717, 1.165) is 18.0 Å². The van der Waals surface area contributed by atoms with E-state index in [0.29, 0.717) is 0 Å². The summed E-state index contributed by atoms with van der Waals surface area (Å²) in [6.07, 6.45) is 2.33. The van der Waals surface area contributed by atoms with Crippen molar-refractivity contribution in [2.24, 2.45) is 12.8 Å². The summed E-state index contributed by atoms with van der Waals surface area (Å²) in [6, 6.07) is 8.46. The van der Waals surface area contributed by atoms with E-state index in [1.165, 1.54) is 10.5 Å². The van der Waals surface area contributed by atoms with Gasteiger partial charge in [-0.1, -0.05) is 18.2 Å². The second-order valence-electron chi connectivity index (χ2n) is 4.34. The highest BCUT2D eigenvalue weighted by atomic mass is 32.2. The van der Waals surface area contributed by atoms with Gasteiger partial charge in [0.25, 0.3) is 0 Å². The number of nitrogens with zero attached hydrogens (tertiary/aromatic N) is 3. The molecule has 2 aromatic rings. The van der Waals surface area contributed by atoms with E-state index in [2.05, 4.69) is 41.3 Å². The molecule has 4 nitrogen and oxygen atoms in total. The molecule has 1 unspecified atom stereocenters. The average molecular weight is 262 g/mol. The van der Waals surface area contributed by atoms with E-state index < -0.39 is 0 Å². The number of hydrogen-bond donors (Lipinski definition) is 1. The molecule has 1 heterocycles. The zero-order valence-electron chi connectivity index (χ0n) is 10.7. The van der Waals surface area contributed by atoms with Gasteiger partial charge in [0.05, 0.1) is 0 Å². The predicted molar refractivity (Wildman–Crippen MR) is 74.6 cm³/mol. The molecular formula is C13H18N4S. The molecule has 96 valence electrons. The number of hydrogen-bond acceptors (Lipinski definition) is 4. The lowest BCUT2D eigenvalue weighted by Crippen LogP contribution is -2.27. The Morgan fingerprint density at radius 1 is 1.39 bits per heavy atom. The van der Waals surface area contributed by atoms with Crippen molar-refractivity contribution < 1.29 is 0 Å². The predicted octanol–water partition coefficient (Wildman–Crippen LogP) is 1.79. The van der Waals surface area contributed by atoms with Gasteiger partial charge in [-0.25, -0.2) is 4.98 Å². The Morgan fingerprint density at radius 2 is 2.17 bits per heavy atom. The van der Waals surface area contributed by atoms with Crippen molar-refractivity contribution in [2.45, 2.75) is 24.3 Å². The quantitative estimate of drug-likeness (QED) is 0.835. The van der Waals surface area contributed by atoms with E-state index in [1.54, 1.807) is 22.8 Å². The van der Waals surface area contributed by atoms with Crippen LogP contribution < -0.4 is 5.73 Å². The van der Waals surface area contributed by atoms with Crippen molar-refractivity contribution in [1.82, 2.24) is 14.8 Å². The molecule has 0 bridgehead atoms. The van der Waals surface area contributed by atoms with Gasteiger partial charge in [0, 0.05) is 30.2 Å². The molecule has 0 spiro atoms. The molecule has 1 aromatic heterocycles. The van der Waals surface area contributed by atoms with Crippen molar-refractivity contribution in [2.75, 3.05) is 5.75 Å². The van der Waals surface area contributed by atoms with Gasteiger partial charge < -0.3 is 5.73 Å². The van der Waals surface area contributed by atoms with Crippen LogP contribution in [0.4, 0.5) is 0 Å². The van der Waals surface area contributed by atoms with E-state index in [1.807, 2.05) is 7.05 Å². The van der Waals surface area contributed by atoms with E-state index in [9.17, 15) is 0 Å². The first-order chi connectivity index (χ1) is 8.66. The first-order valence-electron chi connectivity index (χ1n) is 5.93. The minimum absolute atomic E-state index is 0.0949. The van der Waals surface area contributed by atoms with Crippen molar-refractivity contribution in [3.8, 4) is 0 Å². The number of rotatable bonds is 5. The van der Waals surface area contributed by atoms with Crippen LogP contribution >= 0.6 is 11.8 Å². The Kier molecular flexibility index (Phi) is 4.38. The fraction of sp³-hybridized carbons (Fsp3) is 0.385. The summed E-state index contributed by atoms with van der Waals surface area (Å²) in [7, 11) is 1.89. The van der Waals surface area contributed by atoms with E-state index in [-0.39, 0.29) is 6.04 Å². The fourth-order valence-electron chi connectivity index (χ4n) is 1.71. The van der Waals surface area contributed by atoms with Crippen LogP contribution in [0.3, 0.4) is 0 Å². The van der Waals surface area contributed by atoms with Crippen molar-refractivity contribution in [1.29, 1.82) is 0 Å². The average Bonchev–Trinajstić information content (AvgIpc) is 2.74. The summed E-state index contributed by atoms with van der Waals surface area (Å²) in [5.41, 5.74) is 7.43. The summed E-state index contributed by atoms with van der Waals surface area (Å²) in [6.45, 7) is 2.12. The summed E-state index contributed by atoms with van der Waals surface area (Å²) in [5, 5.41) is 4.05. The lowest BCUT2D eigenvalue weighted by Gasteiger charge is -2.11. The molecular weight excluding hydrogens is 244 g/mol. The Balaban J connectivity index is 1.87. The van der Waals surface area contributed by atoms with Gasteiger partial charge in [-0.05, 0) is 18.6 Å². The van der Waals surface area contributed by atoms with Crippen LogP contribution in [-0.2, 0) is 13.5 Å². The van der Waals surface area contributed by atoms with Crippen LogP contribution in [0.15, 0.2) is 35.5 Å². The smallest absolute Gasteiger partial charge is 0.138 e. The second kappa shape index (κ2) is 6.02. The van der Waals surface area contributed by atoms with Gasteiger partial charge >= 0.3 is 0 Å². The number of thioether (sulfide) groups is 1. The third-order valence-corrected chi connectivity index (χ3v) is 4.16. The molecule has 0 aliphatic heterocycles. The highest BCUT2D eigenvalue weighted by molar-refractivity contribution is 7.99. The maximum Gasteiger partial charge on any atom is 0.138 e. The van der Waals surface area contributed by atoms with Crippen molar-refractivity contribution in [3.05, 3.63) is 42.0 Å². The molecule has 5 heteroatoms. The van der Waals surface area contributed by atoms with Crippen LogP contribution in [-0.4, -0.2) is 26.6 Å². The summed E-state index contributed by atoms with van der Waals surface area (Å²) in [4.78, 5) is 5.49. The molecule has 18 heavy (non-hydrogen) atoms. The van der Waals surface area contributed by atoms with E-state index in [4.69, 9.17) is 5.73 Å². The topological polar surface area (TPSA) is 56.7 Å². The van der Waals surface area contributed by atoms with Crippen molar-refractivity contribution in [3.63, 3.8) is 0 Å². The third kappa shape index (κ3) is 3.34. The molecule has 0 saturated carbocycles. The highest BCUT2D eigenvalue weighted by Gasteiger charge is 2.09. The van der Waals surface area contributed by atoms with Crippen LogP contribution in [0.1, 0.15) is 11.4 Å². The summed E-state index contributed by atoms with van der Waals surface area (Å²) >= 11 is 1.80. The minimum atomic E-state index is 0.0949. The second-order valence-corrected chi connectivity index (χ2v) is 5.40. The molecule has 0 fully saturated rings. The standard InChI is InChI=1S/C13H18N4S/c1-10-5-3-4-6-12(10)18-8-11(14)7-13-15-9-16-17(13)2/h3-6,9,11H,7-8,14H2,1-2H3. The normalized spacial score (nSPS) is 12.6. The summed E-state index contributed by atoms with van der Waals surface area (Å²) < 4.78 is 1.78. The maximum absolute atomic E-state index is 6.13. The molecule has 0 saturated heterocycles. The molecule has 1 aromatic carbocycles. The maximum atomic E-state index is 6.13. The first kappa shape index (κ1) is 13.1. The molecule has 0 radical (unpaired) electrons. The lowest BCUT2D eigenvalue weighted by atomic mass is 10.2. The van der Waals surface area contributed by atoms with Crippen molar-refractivity contribution >= 4 is 11.8 Å². The zero-order valence-corrected chi connectivity index (χ0v) is 11.5. The molecule has 2 rings (SSSR count). The summed E-state index contributed by atoms with van der Waals surface area (Å²) in [5.74, 6) is 1.82. The third-order valence-electron chi connectivity index (χ3n) is 2.80. The minimum Gasteiger partial charge on any atom is -0.327 e. The van der Waals surface area contributed by atoms with Gasteiger partial charge in [0.2, 0.25) is 0 Å². The van der Waals surface area contributed by atoms with Gasteiger partial charge in [-0.3, -0.25) is 4.68 Å². The number of aromatic nitrogens is 3. The van der Waals surface area contributed by atoms with Gasteiger partial charge in [0.15, 0.2) is 0 Å². The van der Waals surface area contributed by atoms with E-state index >= 15 is 0 Å². The molecule has 0 aliphatic rings. The van der Waals surface area contributed by atoms with Gasteiger partial charge in [0.1, 0.15) is 12.2 Å². The number of benzene rings is 1. The number of nitrogens with two attached hydrogens (primary N) is 1. The van der Waals surface area contributed by atoms with Crippen LogP contribution in [0.25, 0.3) is 0 Å². The SMILES string of the molecule is Cc1ccccc1SCC(N)Cc1ncnn1C. The van der Waals surface area contributed by atoms with Gasteiger partial charge in [-0.15, -0.1) is 11.8 Å². The number of aryl methyl sites for hydroxylation is 2. The Labute approximate surface area is 112 Å². The van der Waals surface area contributed by atoms with Crippen LogP contribution in [0.2, 0.25) is 0 Å². The van der Waals surface area contributed by atoms with Gasteiger partial charge in [-0.2, -0.15) is 5.10 Å². The molecule has 1 atom stereocenters. The Hall–Kier alpha value is -1.33. The Morgan fingerprint density at radius 3 is 2.83 bits per heavy atom. The zero-order chi connectivity index (χ0) is 13.0. The lowest BCUT2D eigenvalue weighted by molar-refractivity contribution is 0.643.